The van der Waals surface area contributed by atoms with Crippen molar-refractivity contribution in [3.63, 3.8) is 0 Å². The molecule has 3 aromatic carbocycles. The third-order valence-corrected chi connectivity index (χ3v) is 6.52. The van der Waals surface area contributed by atoms with Crippen LogP contribution >= 0.6 is 11.6 Å². The molecule has 3 nitrogen and oxygen atoms in total. The maximum absolute atomic E-state index is 9.94. The number of nitriles is 2. The summed E-state index contributed by atoms with van der Waals surface area (Å²) < 4.78 is 0. The molecule has 0 amide bonds. The van der Waals surface area contributed by atoms with E-state index in [0.717, 1.165) is 17.5 Å². The van der Waals surface area contributed by atoms with E-state index < -0.39 is 5.41 Å². The number of nitrogens with zero attached hydrogens (tertiary/aromatic N) is 2. The highest BCUT2D eigenvalue weighted by Crippen LogP contribution is 2.36. The molecule has 0 radical (unpaired) electrons. The zero-order valence-electron chi connectivity index (χ0n) is 19.6. The molecule has 0 saturated carbocycles. The van der Waals surface area contributed by atoms with Crippen LogP contribution in [0.15, 0.2) is 72.8 Å². The molecule has 0 aliphatic rings. The van der Waals surface area contributed by atoms with Crippen LogP contribution in [0, 0.1) is 35.0 Å². The minimum atomic E-state index is -0.608. The zero-order valence-corrected chi connectivity index (χ0v) is 20.4. The third kappa shape index (κ3) is 6.23. The maximum Gasteiger partial charge on any atom is 0.0991 e. The SMILES string of the molecule is Cc1ccc([C@H](N[C@@H](C)C(Cc2ccc(Cl)cc2)c2cccc(C#N)c2)C(C)(C)C#N)cc1. The molecule has 0 bridgehead atoms. The van der Waals surface area contributed by atoms with Gasteiger partial charge in [-0.25, -0.2) is 0 Å². The van der Waals surface area contributed by atoms with Gasteiger partial charge in [-0.3, -0.25) is 0 Å². The first-order valence-corrected chi connectivity index (χ1v) is 11.6. The van der Waals surface area contributed by atoms with E-state index in [4.69, 9.17) is 11.6 Å². The Labute approximate surface area is 202 Å². The van der Waals surface area contributed by atoms with Crippen LogP contribution in [0.25, 0.3) is 0 Å². The lowest BCUT2D eigenvalue weighted by Crippen LogP contribution is -2.42. The first-order chi connectivity index (χ1) is 15.7. The molecule has 0 spiro atoms. The Bertz CT molecular complexity index is 1150. The van der Waals surface area contributed by atoms with Gasteiger partial charge in [-0.1, -0.05) is 65.7 Å². The highest BCUT2D eigenvalue weighted by atomic mass is 35.5. The predicted octanol–water partition coefficient (Wildman–Crippen LogP) is 7.12. The standard InChI is InChI=1S/C29H30ClN3/c1-20-8-12-24(13-9-20)28(29(3,4)19-32)33-21(2)27(17-22-10-14-26(30)15-11-22)25-7-5-6-23(16-25)18-31/h5-16,21,27-28,33H,17H2,1-4H3/t21-,27?,28-/m0/s1. The van der Waals surface area contributed by atoms with Gasteiger partial charge < -0.3 is 5.32 Å². The summed E-state index contributed by atoms with van der Waals surface area (Å²) in [5.41, 5.74) is 4.59. The van der Waals surface area contributed by atoms with Crippen molar-refractivity contribution in [2.75, 3.05) is 0 Å². The Kier molecular flexibility index (Phi) is 7.93. The molecule has 1 N–H and O–H groups in total. The van der Waals surface area contributed by atoms with Crippen LogP contribution in [0.4, 0.5) is 0 Å². The molecule has 3 atom stereocenters. The lowest BCUT2D eigenvalue weighted by atomic mass is 9.79. The van der Waals surface area contributed by atoms with Crippen LogP contribution in [0.5, 0.6) is 0 Å². The van der Waals surface area contributed by atoms with E-state index in [-0.39, 0.29) is 18.0 Å². The fourth-order valence-corrected chi connectivity index (χ4v) is 4.35. The van der Waals surface area contributed by atoms with Crippen LogP contribution in [0.1, 0.15) is 60.5 Å². The van der Waals surface area contributed by atoms with Crippen LogP contribution in [0.2, 0.25) is 5.02 Å². The molecule has 0 aliphatic heterocycles. The van der Waals surface area contributed by atoms with Gasteiger partial charge in [-0.05, 0) is 75.1 Å². The minimum absolute atomic E-state index is 0.0357. The van der Waals surface area contributed by atoms with Crippen LogP contribution < -0.4 is 5.32 Å². The smallest absolute Gasteiger partial charge is 0.0991 e. The summed E-state index contributed by atoms with van der Waals surface area (Å²) in [6.07, 6.45) is 0.786. The number of halogens is 1. The number of rotatable bonds is 8. The van der Waals surface area contributed by atoms with Gasteiger partial charge in [0, 0.05) is 17.0 Å². The van der Waals surface area contributed by atoms with E-state index in [1.807, 2.05) is 56.3 Å². The molecule has 4 heteroatoms. The summed E-state index contributed by atoms with van der Waals surface area (Å²) in [6.45, 7) is 8.17. The number of benzene rings is 3. The normalized spacial score (nSPS) is 14.0. The molecule has 0 fully saturated rings. The Hall–Kier alpha value is -3.11. The van der Waals surface area contributed by atoms with E-state index in [1.54, 1.807) is 0 Å². The average Bonchev–Trinajstić information content (AvgIpc) is 2.82. The molecule has 3 rings (SSSR count). The summed E-state index contributed by atoms with van der Waals surface area (Å²) in [7, 11) is 0. The Morgan fingerprint density at radius 3 is 2.21 bits per heavy atom. The first kappa shape index (κ1) is 24.5. The Morgan fingerprint density at radius 1 is 0.939 bits per heavy atom. The fourth-order valence-electron chi connectivity index (χ4n) is 4.22. The molecule has 1 unspecified atom stereocenters. The van der Waals surface area contributed by atoms with Crippen molar-refractivity contribution in [3.8, 4) is 12.1 Å². The van der Waals surface area contributed by atoms with Gasteiger partial charge in [-0.2, -0.15) is 10.5 Å². The lowest BCUT2D eigenvalue weighted by molar-refractivity contribution is 0.281. The van der Waals surface area contributed by atoms with Gasteiger partial charge in [0.25, 0.3) is 0 Å². The second-order valence-electron chi connectivity index (χ2n) is 9.31. The molecular formula is C29H30ClN3. The molecule has 0 aliphatic carbocycles. The molecule has 0 aromatic heterocycles. The fraction of sp³-hybridized carbons (Fsp3) is 0.310. The number of nitrogens with one attached hydrogen (secondary N) is 1. The van der Waals surface area contributed by atoms with E-state index in [9.17, 15) is 10.5 Å². The summed E-state index contributed by atoms with van der Waals surface area (Å²) in [6, 6.07) is 28.7. The Balaban J connectivity index is 1.98. The number of aryl methyl sites for hydroxylation is 1. The van der Waals surface area contributed by atoms with Gasteiger partial charge in [0.2, 0.25) is 0 Å². The van der Waals surface area contributed by atoms with Crippen LogP contribution in [-0.4, -0.2) is 6.04 Å². The predicted molar refractivity (Wildman–Crippen MR) is 135 cm³/mol. The molecule has 0 heterocycles. The second-order valence-corrected chi connectivity index (χ2v) is 9.74. The summed E-state index contributed by atoms with van der Waals surface area (Å²) >= 11 is 6.10. The molecular weight excluding hydrogens is 426 g/mol. The van der Waals surface area contributed by atoms with Crippen molar-refractivity contribution >= 4 is 11.6 Å². The van der Waals surface area contributed by atoms with Crippen molar-refractivity contribution in [1.29, 1.82) is 10.5 Å². The van der Waals surface area contributed by atoms with Crippen molar-refractivity contribution < 1.29 is 0 Å². The average molecular weight is 456 g/mol. The van der Waals surface area contributed by atoms with Crippen molar-refractivity contribution in [2.24, 2.45) is 5.41 Å². The maximum atomic E-state index is 9.94. The van der Waals surface area contributed by atoms with Crippen LogP contribution in [0.3, 0.4) is 0 Å². The van der Waals surface area contributed by atoms with Crippen molar-refractivity contribution in [3.05, 3.63) is 106 Å². The highest BCUT2D eigenvalue weighted by molar-refractivity contribution is 6.30. The second kappa shape index (κ2) is 10.7. The van der Waals surface area contributed by atoms with Gasteiger partial charge in [0.15, 0.2) is 0 Å². The van der Waals surface area contributed by atoms with Crippen molar-refractivity contribution in [1.82, 2.24) is 5.32 Å². The zero-order chi connectivity index (χ0) is 24.0. The van der Waals surface area contributed by atoms with Crippen molar-refractivity contribution in [2.45, 2.75) is 52.1 Å². The number of hydrogen-bond acceptors (Lipinski definition) is 3. The molecule has 168 valence electrons. The van der Waals surface area contributed by atoms with Gasteiger partial charge >= 0.3 is 0 Å². The van der Waals surface area contributed by atoms with E-state index >= 15 is 0 Å². The highest BCUT2D eigenvalue weighted by Gasteiger charge is 2.34. The largest absolute Gasteiger partial charge is 0.305 e. The molecule has 33 heavy (non-hydrogen) atoms. The summed E-state index contributed by atoms with van der Waals surface area (Å²) in [5, 5.41) is 23.9. The molecule has 3 aromatic rings. The topological polar surface area (TPSA) is 59.6 Å². The lowest BCUT2D eigenvalue weighted by Gasteiger charge is -2.36. The monoisotopic (exact) mass is 455 g/mol. The van der Waals surface area contributed by atoms with Gasteiger partial charge in [-0.15, -0.1) is 0 Å². The third-order valence-electron chi connectivity index (χ3n) is 6.27. The van der Waals surface area contributed by atoms with Crippen LogP contribution in [-0.2, 0) is 6.42 Å². The first-order valence-electron chi connectivity index (χ1n) is 11.2. The van der Waals surface area contributed by atoms with E-state index in [2.05, 4.69) is 61.6 Å². The number of hydrogen-bond donors (Lipinski definition) is 1. The summed E-state index contributed by atoms with van der Waals surface area (Å²) in [5.74, 6) is 0.0990. The molecule has 0 saturated heterocycles. The summed E-state index contributed by atoms with van der Waals surface area (Å²) in [4.78, 5) is 0. The Morgan fingerprint density at radius 2 is 1.61 bits per heavy atom. The quantitative estimate of drug-likeness (QED) is 0.393. The van der Waals surface area contributed by atoms with E-state index in [1.165, 1.54) is 11.1 Å². The van der Waals surface area contributed by atoms with Gasteiger partial charge in [0.05, 0.1) is 29.2 Å². The van der Waals surface area contributed by atoms with Gasteiger partial charge in [0.1, 0.15) is 0 Å². The van der Waals surface area contributed by atoms with E-state index in [0.29, 0.717) is 10.6 Å². The minimum Gasteiger partial charge on any atom is -0.305 e.